The number of hydrogen-bond donors (Lipinski definition) is 2. The van der Waals surface area contributed by atoms with E-state index in [4.69, 9.17) is 5.11 Å². The number of thiazole rings is 1. The molecule has 6 heteroatoms. The Labute approximate surface area is 101 Å². The van der Waals surface area contributed by atoms with Gasteiger partial charge in [0.05, 0.1) is 0 Å². The zero-order valence-electron chi connectivity index (χ0n) is 8.20. The van der Waals surface area contributed by atoms with E-state index in [-0.39, 0.29) is 6.42 Å². The fraction of sp³-hybridized carbons (Fsp3) is 0.556. The molecule has 0 spiro atoms. The SMILES string of the molecule is O=C(O)CCCCCNc1nc(Br)cs1. The predicted octanol–water partition coefficient (Wildman–Crippen LogP) is 2.96. The van der Waals surface area contributed by atoms with Crippen molar-refractivity contribution in [1.82, 2.24) is 4.98 Å². The van der Waals surface area contributed by atoms with Crippen LogP contribution in [0.2, 0.25) is 0 Å². The summed E-state index contributed by atoms with van der Waals surface area (Å²) in [4.78, 5) is 14.4. The van der Waals surface area contributed by atoms with Crippen LogP contribution in [0.4, 0.5) is 5.13 Å². The number of hydrogen-bond acceptors (Lipinski definition) is 4. The second-order valence-corrected chi connectivity index (χ2v) is 4.78. The minimum absolute atomic E-state index is 0.267. The Kier molecular flexibility index (Phi) is 5.63. The number of nitrogens with zero attached hydrogens (tertiary/aromatic N) is 1. The number of aromatic nitrogens is 1. The van der Waals surface area contributed by atoms with Crippen LogP contribution in [0.15, 0.2) is 9.98 Å². The third-order valence-corrected chi connectivity index (χ3v) is 3.33. The van der Waals surface area contributed by atoms with Gasteiger partial charge in [-0.05, 0) is 28.8 Å². The topological polar surface area (TPSA) is 62.2 Å². The summed E-state index contributed by atoms with van der Waals surface area (Å²) < 4.78 is 0.848. The zero-order valence-corrected chi connectivity index (χ0v) is 10.6. The van der Waals surface area contributed by atoms with E-state index in [0.29, 0.717) is 0 Å². The minimum atomic E-state index is -0.716. The van der Waals surface area contributed by atoms with Crippen LogP contribution >= 0.6 is 27.3 Å². The van der Waals surface area contributed by atoms with Gasteiger partial charge in [0.2, 0.25) is 0 Å². The molecule has 0 aliphatic rings. The molecule has 1 aromatic heterocycles. The summed E-state index contributed by atoms with van der Waals surface area (Å²) >= 11 is 4.83. The highest BCUT2D eigenvalue weighted by molar-refractivity contribution is 9.10. The maximum atomic E-state index is 10.2. The molecule has 0 aliphatic heterocycles. The molecule has 1 heterocycles. The molecule has 0 saturated heterocycles. The summed E-state index contributed by atoms with van der Waals surface area (Å²) in [6, 6.07) is 0. The van der Waals surface area contributed by atoms with Gasteiger partial charge in [-0.1, -0.05) is 6.42 Å². The quantitative estimate of drug-likeness (QED) is 0.759. The lowest BCUT2D eigenvalue weighted by atomic mass is 10.2. The lowest BCUT2D eigenvalue weighted by molar-refractivity contribution is -0.137. The molecule has 4 nitrogen and oxygen atoms in total. The van der Waals surface area contributed by atoms with Crippen molar-refractivity contribution in [3.05, 3.63) is 9.98 Å². The molecule has 1 rings (SSSR count). The Morgan fingerprint density at radius 1 is 1.53 bits per heavy atom. The van der Waals surface area contributed by atoms with E-state index in [1.807, 2.05) is 5.38 Å². The molecule has 0 aromatic carbocycles. The van der Waals surface area contributed by atoms with Crippen molar-refractivity contribution >= 4 is 38.4 Å². The van der Waals surface area contributed by atoms with Crippen molar-refractivity contribution in [2.24, 2.45) is 0 Å². The summed E-state index contributed by atoms with van der Waals surface area (Å²) in [5, 5.41) is 14.4. The first kappa shape index (κ1) is 12.4. The first-order valence-corrected chi connectivity index (χ1v) is 6.42. The van der Waals surface area contributed by atoms with Gasteiger partial charge in [-0.25, -0.2) is 4.98 Å². The van der Waals surface area contributed by atoms with Gasteiger partial charge < -0.3 is 10.4 Å². The highest BCUT2D eigenvalue weighted by atomic mass is 79.9. The van der Waals surface area contributed by atoms with Crippen molar-refractivity contribution in [3.63, 3.8) is 0 Å². The van der Waals surface area contributed by atoms with Gasteiger partial charge in [0, 0.05) is 18.3 Å². The Balaban J connectivity index is 2.00. The highest BCUT2D eigenvalue weighted by Gasteiger charge is 1.98. The summed E-state index contributed by atoms with van der Waals surface area (Å²) in [7, 11) is 0. The smallest absolute Gasteiger partial charge is 0.303 e. The molecular formula is C9H13BrN2O2S. The number of nitrogens with one attached hydrogen (secondary N) is 1. The fourth-order valence-electron chi connectivity index (χ4n) is 1.11. The van der Waals surface area contributed by atoms with Gasteiger partial charge in [0.15, 0.2) is 5.13 Å². The third-order valence-electron chi connectivity index (χ3n) is 1.82. The van der Waals surface area contributed by atoms with E-state index in [2.05, 4.69) is 26.2 Å². The summed E-state index contributed by atoms with van der Waals surface area (Å²) in [5.74, 6) is -0.716. The first-order valence-electron chi connectivity index (χ1n) is 4.75. The monoisotopic (exact) mass is 292 g/mol. The van der Waals surface area contributed by atoms with Gasteiger partial charge in [-0.15, -0.1) is 11.3 Å². The van der Waals surface area contributed by atoms with E-state index >= 15 is 0 Å². The van der Waals surface area contributed by atoms with Crippen LogP contribution in [0, 0.1) is 0 Å². The van der Waals surface area contributed by atoms with E-state index in [1.54, 1.807) is 11.3 Å². The van der Waals surface area contributed by atoms with Gasteiger partial charge in [0.25, 0.3) is 0 Å². The molecule has 2 N–H and O–H groups in total. The third kappa shape index (κ3) is 5.74. The second-order valence-electron chi connectivity index (χ2n) is 3.11. The Morgan fingerprint density at radius 2 is 2.33 bits per heavy atom. The minimum Gasteiger partial charge on any atom is -0.481 e. The molecular weight excluding hydrogens is 280 g/mol. The number of unbranched alkanes of at least 4 members (excludes halogenated alkanes) is 2. The van der Waals surface area contributed by atoms with Crippen molar-refractivity contribution in [1.29, 1.82) is 0 Å². The molecule has 0 aliphatic carbocycles. The van der Waals surface area contributed by atoms with Crippen LogP contribution in [-0.4, -0.2) is 22.6 Å². The number of aliphatic carboxylic acids is 1. The lowest BCUT2D eigenvalue weighted by Gasteiger charge is -2.01. The molecule has 0 amide bonds. The largest absolute Gasteiger partial charge is 0.481 e. The van der Waals surface area contributed by atoms with Crippen molar-refractivity contribution in [3.8, 4) is 0 Å². The van der Waals surface area contributed by atoms with Gasteiger partial charge in [-0.2, -0.15) is 0 Å². The summed E-state index contributed by atoms with van der Waals surface area (Å²) in [6.45, 7) is 0.847. The van der Waals surface area contributed by atoms with E-state index in [0.717, 1.165) is 35.5 Å². The second kappa shape index (κ2) is 6.79. The maximum Gasteiger partial charge on any atom is 0.303 e. The number of rotatable bonds is 7. The average Bonchev–Trinajstić information content (AvgIpc) is 2.57. The highest BCUT2D eigenvalue weighted by Crippen LogP contribution is 2.19. The van der Waals surface area contributed by atoms with Crippen LogP contribution in [0.1, 0.15) is 25.7 Å². The molecule has 0 atom stereocenters. The van der Waals surface area contributed by atoms with Crippen molar-refractivity contribution in [2.45, 2.75) is 25.7 Å². The Morgan fingerprint density at radius 3 is 2.93 bits per heavy atom. The Bertz CT molecular complexity index is 317. The van der Waals surface area contributed by atoms with Crippen LogP contribution in [0.5, 0.6) is 0 Å². The number of carbonyl (C=O) groups is 1. The van der Waals surface area contributed by atoms with Crippen LogP contribution in [-0.2, 0) is 4.79 Å². The molecule has 1 aromatic rings. The van der Waals surface area contributed by atoms with E-state index < -0.39 is 5.97 Å². The average molecular weight is 293 g/mol. The summed E-state index contributed by atoms with van der Waals surface area (Å²) in [5.41, 5.74) is 0. The first-order chi connectivity index (χ1) is 7.18. The number of carboxylic acid groups (broad SMARTS) is 1. The molecule has 0 saturated carbocycles. The molecule has 84 valence electrons. The van der Waals surface area contributed by atoms with Gasteiger partial charge >= 0.3 is 5.97 Å². The number of carboxylic acids is 1. The summed E-state index contributed by atoms with van der Waals surface area (Å²) in [6.07, 6.45) is 2.93. The van der Waals surface area contributed by atoms with Crippen LogP contribution in [0.25, 0.3) is 0 Å². The van der Waals surface area contributed by atoms with Crippen LogP contribution in [0.3, 0.4) is 0 Å². The van der Waals surface area contributed by atoms with E-state index in [1.165, 1.54) is 0 Å². The van der Waals surface area contributed by atoms with Crippen molar-refractivity contribution < 1.29 is 9.90 Å². The fourth-order valence-corrected chi connectivity index (χ4v) is 2.28. The predicted molar refractivity (Wildman–Crippen MR) is 64.4 cm³/mol. The van der Waals surface area contributed by atoms with Gasteiger partial charge in [0.1, 0.15) is 4.60 Å². The van der Waals surface area contributed by atoms with E-state index in [9.17, 15) is 4.79 Å². The number of anilines is 1. The standard InChI is InChI=1S/C9H13BrN2O2S/c10-7-6-15-9(12-7)11-5-3-1-2-4-8(13)14/h6H,1-5H2,(H,11,12)(H,13,14). The number of halogens is 1. The maximum absolute atomic E-state index is 10.2. The van der Waals surface area contributed by atoms with Crippen molar-refractivity contribution in [2.75, 3.05) is 11.9 Å². The Hall–Kier alpha value is -0.620. The molecule has 0 radical (unpaired) electrons. The normalized spacial score (nSPS) is 10.2. The molecule has 0 unspecified atom stereocenters. The molecule has 15 heavy (non-hydrogen) atoms. The van der Waals surface area contributed by atoms with Gasteiger partial charge in [-0.3, -0.25) is 4.79 Å². The zero-order chi connectivity index (χ0) is 11.1. The molecule has 0 fully saturated rings. The molecule has 0 bridgehead atoms. The van der Waals surface area contributed by atoms with Crippen LogP contribution < -0.4 is 5.32 Å². The lowest BCUT2D eigenvalue weighted by Crippen LogP contribution is -2.01.